The van der Waals surface area contributed by atoms with E-state index >= 15 is 0 Å². The summed E-state index contributed by atoms with van der Waals surface area (Å²) in [7, 11) is -3.43. The molecule has 2 aliphatic rings. The number of nitrogens with zero attached hydrogens (tertiary/aromatic N) is 1. The first-order valence-electron chi connectivity index (χ1n) is 7.48. The first-order chi connectivity index (χ1) is 10.1. The fourth-order valence-corrected chi connectivity index (χ4v) is 4.29. The smallest absolute Gasteiger partial charge is 0.243 e. The number of carbonyl (C=O) groups excluding carboxylic acids is 1. The maximum absolute atomic E-state index is 12.5. The van der Waals surface area contributed by atoms with E-state index in [1.165, 1.54) is 4.31 Å². The van der Waals surface area contributed by atoms with Gasteiger partial charge in [0.1, 0.15) is 0 Å². The zero-order valence-electron chi connectivity index (χ0n) is 11.9. The topological polar surface area (TPSA) is 66.5 Å². The van der Waals surface area contributed by atoms with Gasteiger partial charge in [-0.1, -0.05) is 12.5 Å². The molecule has 0 aromatic heterocycles. The number of anilines is 1. The van der Waals surface area contributed by atoms with Crippen LogP contribution in [-0.2, 0) is 14.8 Å². The van der Waals surface area contributed by atoms with Gasteiger partial charge in [0.15, 0.2) is 0 Å². The number of nitrogens with one attached hydrogen (secondary N) is 1. The highest BCUT2D eigenvalue weighted by atomic mass is 32.2. The van der Waals surface area contributed by atoms with Crippen molar-refractivity contribution in [3.8, 4) is 0 Å². The first-order valence-corrected chi connectivity index (χ1v) is 8.92. The largest absolute Gasteiger partial charge is 0.326 e. The maximum atomic E-state index is 12.5. The lowest BCUT2D eigenvalue weighted by molar-refractivity contribution is -0.122. The van der Waals surface area contributed by atoms with Crippen molar-refractivity contribution in [2.24, 2.45) is 5.92 Å². The summed E-state index contributed by atoms with van der Waals surface area (Å²) in [5.74, 6) is 0.0841. The second-order valence-electron chi connectivity index (χ2n) is 5.76. The molecule has 114 valence electrons. The van der Waals surface area contributed by atoms with Crippen LogP contribution in [0.1, 0.15) is 32.1 Å². The molecule has 1 aliphatic carbocycles. The highest BCUT2D eigenvalue weighted by Crippen LogP contribution is 2.28. The van der Waals surface area contributed by atoms with Crippen LogP contribution in [0.4, 0.5) is 5.69 Å². The van der Waals surface area contributed by atoms with Crippen LogP contribution in [0.2, 0.25) is 0 Å². The van der Waals surface area contributed by atoms with Gasteiger partial charge in [-0.05, 0) is 43.9 Å². The Labute approximate surface area is 125 Å². The highest BCUT2D eigenvalue weighted by Gasteiger charge is 2.28. The molecule has 1 saturated carbocycles. The van der Waals surface area contributed by atoms with Crippen molar-refractivity contribution in [1.29, 1.82) is 0 Å². The van der Waals surface area contributed by atoms with Gasteiger partial charge in [0.2, 0.25) is 15.9 Å². The van der Waals surface area contributed by atoms with E-state index in [9.17, 15) is 13.2 Å². The second kappa shape index (κ2) is 5.77. The van der Waals surface area contributed by atoms with Gasteiger partial charge in [-0.15, -0.1) is 0 Å². The number of hydrogen-bond donors (Lipinski definition) is 1. The Hall–Kier alpha value is -1.40. The third-order valence-corrected chi connectivity index (χ3v) is 6.17. The average molecular weight is 308 g/mol. The van der Waals surface area contributed by atoms with Gasteiger partial charge in [0.25, 0.3) is 0 Å². The Morgan fingerprint density at radius 1 is 1.14 bits per heavy atom. The average Bonchev–Trinajstić information content (AvgIpc) is 2.91. The molecule has 1 amide bonds. The third-order valence-electron chi connectivity index (χ3n) is 4.28. The minimum atomic E-state index is -3.43. The van der Waals surface area contributed by atoms with E-state index in [-0.39, 0.29) is 16.7 Å². The SMILES string of the molecule is O=C(Nc1cccc(S(=O)(=O)N2CCCC2)c1)C1CCC1. The van der Waals surface area contributed by atoms with Crippen LogP contribution >= 0.6 is 0 Å². The van der Waals surface area contributed by atoms with E-state index in [0.29, 0.717) is 18.8 Å². The third kappa shape index (κ3) is 2.96. The molecule has 6 heteroatoms. The van der Waals surface area contributed by atoms with E-state index in [0.717, 1.165) is 32.1 Å². The number of amides is 1. The number of sulfonamides is 1. The minimum Gasteiger partial charge on any atom is -0.326 e. The molecule has 21 heavy (non-hydrogen) atoms. The molecule has 0 radical (unpaired) electrons. The summed E-state index contributed by atoms with van der Waals surface area (Å²) in [6, 6.07) is 6.57. The van der Waals surface area contributed by atoms with Crippen LogP contribution in [0.5, 0.6) is 0 Å². The summed E-state index contributed by atoms with van der Waals surface area (Å²) in [6.45, 7) is 1.17. The minimum absolute atomic E-state index is 0.00281. The van der Waals surface area contributed by atoms with E-state index in [2.05, 4.69) is 5.32 Å². The number of rotatable bonds is 4. The summed E-state index contributed by atoms with van der Waals surface area (Å²) >= 11 is 0. The molecule has 5 nitrogen and oxygen atoms in total. The molecule has 0 atom stereocenters. The summed E-state index contributed by atoms with van der Waals surface area (Å²) in [4.78, 5) is 12.2. The normalized spacial score (nSPS) is 20.2. The van der Waals surface area contributed by atoms with Gasteiger partial charge in [0, 0.05) is 24.7 Å². The van der Waals surface area contributed by atoms with Crippen molar-refractivity contribution in [2.45, 2.75) is 37.0 Å². The summed E-state index contributed by atoms with van der Waals surface area (Å²) < 4.78 is 26.5. The molecular formula is C15H20N2O3S. The Balaban J connectivity index is 1.77. The van der Waals surface area contributed by atoms with Crippen molar-refractivity contribution in [3.05, 3.63) is 24.3 Å². The van der Waals surface area contributed by atoms with Crippen LogP contribution in [0.3, 0.4) is 0 Å². The van der Waals surface area contributed by atoms with Gasteiger partial charge >= 0.3 is 0 Å². The monoisotopic (exact) mass is 308 g/mol. The van der Waals surface area contributed by atoms with Crippen LogP contribution in [0.15, 0.2) is 29.2 Å². The predicted molar refractivity (Wildman–Crippen MR) is 80.4 cm³/mol. The zero-order valence-corrected chi connectivity index (χ0v) is 12.7. The number of carbonyl (C=O) groups is 1. The van der Waals surface area contributed by atoms with Crippen LogP contribution in [0.25, 0.3) is 0 Å². The van der Waals surface area contributed by atoms with Gasteiger partial charge in [-0.25, -0.2) is 8.42 Å². The van der Waals surface area contributed by atoms with E-state index < -0.39 is 10.0 Å². The van der Waals surface area contributed by atoms with Crippen molar-refractivity contribution in [1.82, 2.24) is 4.31 Å². The van der Waals surface area contributed by atoms with Crippen molar-refractivity contribution >= 4 is 21.6 Å². The lowest BCUT2D eigenvalue weighted by Gasteiger charge is -2.24. The summed E-state index contributed by atoms with van der Waals surface area (Å²) in [5, 5.41) is 2.83. The lowest BCUT2D eigenvalue weighted by Crippen LogP contribution is -2.29. The van der Waals surface area contributed by atoms with Crippen molar-refractivity contribution in [2.75, 3.05) is 18.4 Å². The molecular weight excluding hydrogens is 288 g/mol. The molecule has 1 aromatic rings. The second-order valence-corrected chi connectivity index (χ2v) is 7.69. The van der Waals surface area contributed by atoms with Gasteiger partial charge < -0.3 is 5.32 Å². The van der Waals surface area contributed by atoms with E-state index in [1.807, 2.05) is 0 Å². The van der Waals surface area contributed by atoms with Gasteiger partial charge in [0.05, 0.1) is 4.90 Å². The Kier molecular flexibility index (Phi) is 3.99. The molecule has 0 spiro atoms. The molecule has 1 aromatic carbocycles. The lowest BCUT2D eigenvalue weighted by atomic mass is 9.85. The molecule has 0 unspecified atom stereocenters. The molecule has 1 N–H and O–H groups in total. The van der Waals surface area contributed by atoms with E-state index in [1.54, 1.807) is 24.3 Å². The molecule has 1 heterocycles. The zero-order chi connectivity index (χ0) is 14.9. The number of hydrogen-bond acceptors (Lipinski definition) is 3. The highest BCUT2D eigenvalue weighted by molar-refractivity contribution is 7.89. The maximum Gasteiger partial charge on any atom is 0.243 e. The van der Waals surface area contributed by atoms with Gasteiger partial charge in [-0.3, -0.25) is 4.79 Å². The Morgan fingerprint density at radius 2 is 1.86 bits per heavy atom. The van der Waals surface area contributed by atoms with Crippen molar-refractivity contribution in [3.63, 3.8) is 0 Å². The molecule has 1 aliphatic heterocycles. The molecule has 1 saturated heterocycles. The Bertz CT molecular complexity index is 632. The van der Waals surface area contributed by atoms with Crippen LogP contribution in [0, 0.1) is 5.92 Å². The predicted octanol–water partition coefficient (Wildman–Crippen LogP) is 2.21. The molecule has 2 fully saturated rings. The molecule has 0 bridgehead atoms. The quantitative estimate of drug-likeness (QED) is 0.927. The van der Waals surface area contributed by atoms with Crippen molar-refractivity contribution < 1.29 is 13.2 Å². The fraction of sp³-hybridized carbons (Fsp3) is 0.533. The first kappa shape index (κ1) is 14.5. The van der Waals surface area contributed by atoms with Crippen LogP contribution < -0.4 is 5.32 Å². The summed E-state index contributed by atoms with van der Waals surface area (Å²) in [5.41, 5.74) is 0.562. The summed E-state index contributed by atoms with van der Waals surface area (Å²) in [6.07, 6.45) is 4.78. The van der Waals surface area contributed by atoms with E-state index in [4.69, 9.17) is 0 Å². The Morgan fingerprint density at radius 3 is 2.48 bits per heavy atom. The standard InChI is InChI=1S/C15H20N2O3S/c18-15(12-5-3-6-12)16-13-7-4-8-14(11-13)21(19,20)17-9-1-2-10-17/h4,7-8,11-12H,1-3,5-6,9-10H2,(H,16,18). The number of benzene rings is 1. The fourth-order valence-electron chi connectivity index (χ4n) is 2.73. The van der Waals surface area contributed by atoms with Crippen LogP contribution in [-0.4, -0.2) is 31.7 Å². The van der Waals surface area contributed by atoms with Gasteiger partial charge in [-0.2, -0.15) is 4.31 Å². The molecule has 3 rings (SSSR count).